The molecule has 2 atom stereocenters. The van der Waals surface area contributed by atoms with Crippen molar-refractivity contribution in [1.29, 1.82) is 0 Å². The van der Waals surface area contributed by atoms with E-state index >= 15 is 0 Å². The minimum absolute atomic E-state index is 0.130. The fraction of sp³-hybridized carbons (Fsp3) is 0.778. The predicted molar refractivity (Wildman–Crippen MR) is 49.1 cm³/mol. The van der Waals surface area contributed by atoms with Crippen LogP contribution in [0.2, 0.25) is 0 Å². The minimum Gasteiger partial charge on any atom is -0.469 e. The van der Waals surface area contributed by atoms with Crippen LogP contribution in [0.3, 0.4) is 0 Å². The van der Waals surface area contributed by atoms with Gasteiger partial charge < -0.3 is 10.1 Å². The number of nitrogens with one attached hydrogen (secondary N) is 1. The number of methoxy groups -OCH3 is 1. The maximum absolute atomic E-state index is 11.2. The van der Waals surface area contributed by atoms with Crippen LogP contribution in [-0.2, 0) is 14.3 Å². The molecule has 0 bridgehead atoms. The average molecular weight is 187 g/mol. The summed E-state index contributed by atoms with van der Waals surface area (Å²) in [4.78, 5) is 21.9. The van der Waals surface area contributed by atoms with Gasteiger partial charge in [0.25, 0.3) is 0 Å². The second-order valence-corrected chi connectivity index (χ2v) is 3.03. The molecule has 76 valence electrons. The number of ether oxygens (including phenoxy) is 1. The van der Waals surface area contributed by atoms with Gasteiger partial charge in [0.15, 0.2) is 0 Å². The van der Waals surface area contributed by atoms with Crippen LogP contribution in [0.5, 0.6) is 0 Å². The molecule has 0 aliphatic heterocycles. The third kappa shape index (κ3) is 3.92. The summed E-state index contributed by atoms with van der Waals surface area (Å²) >= 11 is 0. The van der Waals surface area contributed by atoms with E-state index in [1.807, 2.05) is 6.92 Å². The lowest BCUT2D eigenvalue weighted by Gasteiger charge is -2.20. The van der Waals surface area contributed by atoms with Crippen LogP contribution in [0, 0.1) is 5.92 Å². The molecule has 0 fully saturated rings. The van der Waals surface area contributed by atoms with Crippen LogP contribution in [0.4, 0.5) is 0 Å². The highest BCUT2D eigenvalue weighted by molar-refractivity contribution is 5.76. The van der Waals surface area contributed by atoms with Gasteiger partial charge in [-0.2, -0.15) is 0 Å². The molecule has 13 heavy (non-hydrogen) atoms. The molecule has 4 nitrogen and oxygen atoms in total. The minimum atomic E-state index is -0.274. The molecule has 0 aliphatic rings. The van der Waals surface area contributed by atoms with Crippen molar-refractivity contribution in [2.75, 3.05) is 7.11 Å². The Morgan fingerprint density at radius 3 is 2.31 bits per heavy atom. The summed E-state index contributed by atoms with van der Waals surface area (Å²) in [5, 5.41) is 2.67. The van der Waals surface area contributed by atoms with Gasteiger partial charge in [-0.15, -0.1) is 0 Å². The number of hydrogen-bond donors (Lipinski definition) is 1. The van der Waals surface area contributed by atoms with Gasteiger partial charge in [0.1, 0.15) is 0 Å². The third-order valence-electron chi connectivity index (χ3n) is 1.98. The Hall–Kier alpha value is -1.06. The maximum atomic E-state index is 11.2. The smallest absolute Gasteiger partial charge is 0.310 e. The van der Waals surface area contributed by atoms with Crippen LogP contribution >= 0.6 is 0 Å². The van der Waals surface area contributed by atoms with Crippen molar-refractivity contribution in [1.82, 2.24) is 5.32 Å². The van der Waals surface area contributed by atoms with Gasteiger partial charge in [0.05, 0.1) is 13.0 Å². The topological polar surface area (TPSA) is 55.4 Å². The lowest BCUT2D eigenvalue weighted by molar-refractivity contribution is -0.146. The van der Waals surface area contributed by atoms with Crippen molar-refractivity contribution in [2.24, 2.45) is 5.92 Å². The van der Waals surface area contributed by atoms with Gasteiger partial charge in [-0.3, -0.25) is 9.59 Å². The van der Waals surface area contributed by atoms with Crippen molar-refractivity contribution in [3.8, 4) is 0 Å². The summed E-state index contributed by atoms with van der Waals surface area (Å²) in [6.07, 6.45) is 0.661. The van der Waals surface area contributed by atoms with E-state index in [1.165, 1.54) is 14.0 Å². The summed E-state index contributed by atoms with van der Waals surface area (Å²) in [5.74, 6) is -0.660. The lowest BCUT2D eigenvalue weighted by Crippen LogP contribution is -2.40. The van der Waals surface area contributed by atoms with Crippen molar-refractivity contribution in [2.45, 2.75) is 33.2 Å². The Morgan fingerprint density at radius 2 is 2.00 bits per heavy atom. The molecule has 0 radical (unpaired) electrons. The molecule has 0 aromatic carbocycles. The molecule has 4 heteroatoms. The van der Waals surface area contributed by atoms with Gasteiger partial charge in [-0.25, -0.2) is 0 Å². The fourth-order valence-corrected chi connectivity index (χ4v) is 1.30. The van der Waals surface area contributed by atoms with E-state index in [9.17, 15) is 9.59 Å². The zero-order valence-electron chi connectivity index (χ0n) is 8.59. The number of hydrogen-bond acceptors (Lipinski definition) is 3. The molecule has 0 saturated heterocycles. The van der Waals surface area contributed by atoms with E-state index in [0.29, 0.717) is 6.42 Å². The van der Waals surface area contributed by atoms with E-state index in [4.69, 9.17) is 0 Å². The molecule has 1 N–H and O–H groups in total. The van der Waals surface area contributed by atoms with Crippen LogP contribution in [0.25, 0.3) is 0 Å². The number of amides is 1. The zero-order valence-corrected chi connectivity index (χ0v) is 8.59. The summed E-state index contributed by atoms with van der Waals surface area (Å²) in [5.41, 5.74) is 0. The highest BCUT2D eigenvalue weighted by atomic mass is 16.5. The SMILES string of the molecule is CC[C@H](C(=O)OC)[C@H](C)NC(C)=O. The maximum Gasteiger partial charge on any atom is 0.310 e. The highest BCUT2D eigenvalue weighted by Gasteiger charge is 2.24. The first-order valence-corrected chi connectivity index (χ1v) is 4.37. The van der Waals surface area contributed by atoms with Crippen LogP contribution in [-0.4, -0.2) is 25.0 Å². The highest BCUT2D eigenvalue weighted by Crippen LogP contribution is 2.10. The predicted octanol–water partition coefficient (Wildman–Crippen LogP) is 0.710. The quantitative estimate of drug-likeness (QED) is 0.659. The van der Waals surface area contributed by atoms with E-state index < -0.39 is 0 Å². The molecule has 0 aliphatic carbocycles. The number of rotatable bonds is 4. The molecule has 0 aromatic rings. The van der Waals surface area contributed by atoms with Crippen LogP contribution in [0.15, 0.2) is 0 Å². The first-order valence-electron chi connectivity index (χ1n) is 4.37. The molecule has 0 aromatic heterocycles. The van der Waals surface area contributed by atoms with Crippen molar-refractivity contribution < 1.29 is 14.3 Å². The van der Waals surface area contributed by atoms with Gasteiger partial charge in [0.2, 0.25) is 5.91 Å². The summed E-state index contributed by atoms with van der Waals surface area (Å²) in [7, 11) is 1.35. The molecular formula is C9H17NO3. The normalized spacial score (nSPS) is 14.5. The van der Waals surface area contributed by atoms with Gasteiger partial charge >= 0.3 is 5.97 Å². The summed E-state index contributed by atoms with van der Waals surface area (Å²) < 4.78 is 4.62. The first-order chi connectivity index (χ1) is 6.02. The van der Waals surface area contributed by atoms with E-state index in [1.54, 1.807) is 6.92 Å². The van der Waals surface area contributed by atoms with E-state index in [-0.39, 0.29) is 23.8 Å². The van der Waals surface area contributed by atoms with Crippen molar-refractivity contribution in [3.63, 3.8) is 0 Å². The summed E-state index contributed by atoms with van der Waals surface area (Å²) in [6, 6.07) is -0.171. The molecule has 0 rings (SSSR count). The van der Waals surface area contributed by atoms with Crippen molar-refractivity contribution in [3.05, 3.63) is 0 Å². The number of carbonyl (C=O) groups is 2. The molecule has 0 spiro atoms. The van der Waals surface area contributed by atoms with Gasteiger partial charge in [0, 0.05) is 13.0 Å². The molecule has 1 amide bonds. The van der Waals surface area contributed by atoms with Gasteiger partial charge in [-0.1, -0.05) is 6.92 Å². The van der Waals surface area contributed by atoms with Crippen molar-refractivity contribution >= 4 is 11.9 Å². The molecular weight excluding hydrogens is 170 g/mol. The van der Waals surface area contributed by atoms with E-state index in [2.05, 4.69) is 10.1 Å². The Kier molecular flexibility index (Phi) is 5.11. The Bertz CT molecular complexity index is 191. The van der Waals surface area contributed by atoms with E-state index in [0.717, 1.165) is 0 Å². The lowest BCUT2D eigenvalue weighted by atomic mass is 9.98. The second kappa shape index (κ2) is 5.56. The zero-order chi connectivity index (χ0) is 10.4. The molecule has 0 heterocycles. The third-order valence-corrected chi connectivity index (χ3v) is 1.98. The Labute approximate surface area is 78.6 Å². The average Bonchev–Trinajstić information content (AvgIpc) is 2.03. The monoisotopic (exact) mass is 187 g/mol. The molecule has 0 saturated carbocycles. The largest absolute Gasteiger partial charge is 0.469 e. The van der Waals surface area contributed by atoms with Crippen LogP contribution in [0.1, 0.15) is 27.2 Å². The molecule has 0 unspecified atom stereocenters. The van der Waals surface area contributed by atoms with Gasteiger partial charge in [-0.05, 0) is 13.3 Å². The number of esters is 1. The Morgan fingerprint density at radius 1 is 1.46 bits per heavy atom. The summed E-state index contributed by atoms with van der Waals surface area (Å²) in [6.45, 7) is 5.12. The van der Waals surface area contributed by atoms with Crippen LogP contribution < -0.4 is 5.32 Å². The first kappa shape index (κ1) is 11.9. The fourth-order valence-electron chi connectivity index (χ4n) is 1.30. The Balaban J connectivity index is 4.22. The standard InChI is InChI=1S/C9H17NO3/c1-5-8(9(12)13-4)6(2)10-7(3)11/h6,8H,5H2,1-4H3,(H,10,11)/t6-,8-/m0/s1. The second-order valence-electron chi connectivity index (χ2n) is 3.03. The number of carbonyl (C=O) groups excluding carboxylic acids is 2.